The van der Waals surface area contributed by atoms with E-state index in [1.807, 2.05) is 18.2 Å². The molecule has 0 spiro atoms. The first-order valence-electron chi connectivity index (χ1n) is 10.8. The molecule has 1 aromatic heterocycles. The highest BCUT2D eigenvalue weighted by molar-refractivity contribution is 7.22. The van der Waals surface area contributed by atoms with Crippen molar-refractivity contribution in [1.82, 2.24) is 4.98 Å². The maximum Gasteiger partial charge on any atom is 0.260 e. The summed E-state index contributed by atoms with van der Waals surface area (Å²) in [6.07, 6.45) is 1.75. The minimum atomic E-state index is -0.339. The van der Waals surface area contributed by atoms with E-state index < -0.39 is 0 Å². The molecule has 4 aromatic rings. The summed E-state index contributed by atoms with van der Waals surface area (Å²) in [6, 6.07) is 20.1. The van der Waals surface area contributed by atoms with E-state index in [1.165, 1.54) is 23.5 Å². The lowest BCUT2D eigenvalue weighted by molar-refractivity contribution is 0.0917. The second-order valence-electron chi connectivity index (χ2n) is 7.93. The molecule has 7 heteroatoms. The van der Waals surface area contributed by atoms with Crippen LogP contribution in [0.4, 0.5) is 9.52 Å². The smallest absolute Gasteiger partial charge is 0.260 e. The number of thiazole rings is 1. The van der Waals surface area contributed by atoms with Crippen LogP contribution in [0.1, 0.15) is 39.1 Å². The summed E-state index contributed by atoms with van der Waals surface area (Å²) in [5, 5.41) is 0.500. The van der Waals surface area contributed by atoms with E-state index in [0.717, 1.165) is 12.8 Å². The Morgan fingerprint density at radius 1 is 1.00 bits per heavy atom. The third kappa shape index (κ3) is 4.55. The first kappa shape index (κ1) is 21.4. The van der Waals surface area contributed by atoms with Gasteiger partial charge in [0.1, 0.15) is 5.82 Å². The summed E-state index contributed by atoms with van der Waals surface area (Å²) < 4.78 is 20.1. The molecule has 5 rings (SSSR count). The molecular formula is C26H21FN2O3S. The molecular weight excluding hydrogens is 439 g/mol. The summed E-state index contributed by atoms with van der Waals surface area (Å²) in [5.41, 5.74) is 2.20. The van der Waals surface area contributed by atoms with Crippen LogP contribution in [0.15, 0.2) is 72.8 Å². The van der Waals surface area contributed by atoms with Crippen LogP contribution < -0.4 is 4.90 Å². The first-order valence-corrected chi connectivity index (χ1v) is 11.6. The van der Waals surface area contributed by atoms with Crippen LogP contribution in [0, 0.1) is 5.82 Å². The minimum absolute atomic E-state index is 0.0726. The van der Waals surface area contributed by atoms with E-state index in [1.54, 1.807) is 47.4 Å². The van der Waals surface area contributed by atoms with Gasteiger partial charge in [-0.05, 0) is 43.2 Å². The fourth-order valence-electron chi connectivity index (χ4n) is 3.92. The van der Waals surface area contributed by atoms with Crippen molar-refractivity contribution in [1.29, 1.82) is 0 Å². The largest absolute Gasteiger partial charge is 0.376 e. The SMILES string of the molecule is O=C(c1ccccc1)c1ccc(C(=O)N(CC2CCCO2)c2nc3ccc(F)cc3s2)cc1. The molecule has 0 radical (unpaired) electrons. The fourth-order valence-corrected chi connectivity index (χ4v) is 4.92. The van der Waals surface area contributed by atoms with Crippen molar-refractivity contribution in [2.45, 2.75) is 18.9 Å². The summed E-state index contributed by atoms with van der Waals surface area (Å²) in [7, 11) is 0. The first-order chi connectivity index (χ1) is 16.1. The second-order valence-corrected chi connectivity index (χ2v) is 8.94. The average Bonchev–Trinajstić information content (AvgIpc) is 3.51. The lowest BCUT2D eigenvalue weighted by Gasteiger charge is -2.23. The second kappa shape index (κ2) is 9.21. The zero-order valence-corrected chi connectivity index (χ0v) is 18.6. The highest BCUT2D eigenvalue weighted by Gasteiger charge is 2.27. The van der Waals surface area contributed by atoms with Crippen molar-refractivity contribution in [2.24, 2.45) is 0 Å². The Morgan fingerprint density at radius 2 is 1.73 bits per heavy atom. The molecule has 1 aliphatic heterocycles. The number of aromatic nitrogens is 1. The highest BCUT2D eigenvalue weighted by Crippen LogP contribution is 2.31. The Hall–Kier alpha value is -3.42. The van der Waals surface area contributed by atoms with Crippen LogP contribution >= 0.6 is 11.3 Å². The van der Waals surface area contributed by atoms with Crippen LogP contribution in [0.25, 0.3) is 10.2 Å². The Kier molecular flexibility index (Phi) is 5.98. The number of amides is 1. The van der Waals surface area contributed by atoms with Gasteiger partial charge in [0.2, 0.25) is 0 Å². The number of rotatable bonds is 6. The predicted octanol–water partition coefficient (Wildman–Crippen LogP) is 5.49. The topological polar surface area (TPSA) is 59.5 Å². The summed E-state index contributed by atoms with van der Waals surface area (Å²) in [4.78, 5) is 32.4. The highest BCUT2D eigenvalue weighted by atomic mass is 32.1. The van der Waals surface area contributed by atoms with Crippen LogP contribution in [0.3, 0.4) is 0 Å². The zero-order chi connectivity index (χ0) is 22.8. The monoisotopic (exact) mass is 460 g/mol. The molecule has 2 heterocycles. The Labute approximate surface area is 194 Å². The third-order valence-corrected chi connectivity index (χ3v) is 6.70. The normalized spacial score (nSPS) is 15.6. The number of hydrogen-bond acceptors (Lipinski definition) is 5. The fraction of sp³-hybridized carbons (Fsp3) is 0.192. The van der Waals surface area contributed by atoms with Gasteiger partial charge in [-0.25, -0.2) is 9.37 Å². The lowest BCUT2D eigenvalue weighted by atomic mass is 10.0. The van der Waals surface area contributed by atoms with E-state index in [0.29, 0.717) is 45.2 Å². The van der Waals surface area contributed by atoms with Crippen molar-refractivity contribution < 1.29 is 18.7 Å². The van der Waals surface area contributed by atoms with Gasteiger partial charge in [0.05, 0.1) is 22.9 Å². The Balaban J connectivity index is 1.44. The average molecular weight is 461 g/mol. The maximum absolute atomic E-state index is 13.7. The summed E-state index contributed by atoms with van der Waals surface area (Å²) >= 11 is 1.28. The van der Waals surface area contributed by atoms with Gasteiger partial charge in [0.15, 0.2) is 10.9 Å². The van der Waals surface area contributed by atoms with E-state index in [2.05, 4.69) is 4.98 Å². The molecule has 5 nitrogen and oxygen atoms in total. The Morgan fingerprint density at radius 3 is 2.45 bits per heavy atom. The van der Waals surface area contributed by atoms with Gasteiger partial charge in [-0.15, -0.1) is 0 Å². The molecule has 1 fully saturated rings. The molecule has 0 bridgehead atoms. The molecule has 0 N–H and O–H groups in total. The third-order valence-electron chi connectivity index (χ3n) is 5.66. The van der Waals surface area contributed by atoms with Gasteiger partial charge in [-0.3, -0.25) is 14.5 Å². The van der Waals surface area contributed by atoms with E-state index in [4.69, 9.17) is 4.74 Å². The number of ether oxygens (including phenoxy) is 1. The van der Waals surface area contributed by atoms with Crippen LogP contribution in [0.5, 0.6) is 0 Å². The quantitative estimate of drug-likeness (QED) is 0.357. The molecule has 33 heavy (non-hydrogen) atoms. The van der Waals surface area contributed by atoms with Gasteiger partial charge in [-0.1, -0.05) is 53.8 Å². The van der Waals surface area contributed by atoms with E-state index >= 15 is 0 Å². The molecule has 0 saturated carbocycles. The van der Waals surface area contributed by atoms with Crippen molar-refractivity contribution in [3.63, 3.8) is 0 Å². The standard InChI is InChI=1S/C26H21FN2O3S/c27-20-12-13-22-23(15-20)33-26(28-22)29(16-21-7-4-14-32-21)25(31)19-10-8-18(9-11-19)24(30)17-5-2-1-3-6-17/h1-3,5-6,8-13,15,21H,4,7,14,16H2. The minimum Gasteiger partial charge on any atom is -0.376 e. The number of nitrogens with zero attached hydrogens (tertiary/aromatic N) is 2. The molecule has 1 saturated heterocycles. The molecule has 1 aliphatic rings. The van der Waals surface area contributed by atoms with Crippen molar-refractivity contribution in [3.05, 3.63) is 95.3 Å². The molecule has 1 atom stereocenters. The maximum atomic E-state index is 13.7. The molecule has 166 valence electrons. The lowest BCUT2D eigenvalue weighted by Crippen LogP contribution is -2.37. The molecule has 3 aromatic carbocycles. The molecule has 0 aliphatic carbocycles. The number of anilines is 1. The van der Waals surface area contributed by atoms with E-state index in [-0.39, 0.29) is 23.6 Å². The van der Waals surface area contributed by atoms with Gasteiger partial charge in [-0.2, -0.15) is 0 Å². The number of carbonyl (C=O) groups excluding carboxylic acids is 2. The van der Waals surface area contributed by atoms with Gasteiger partial charge in [0, 0.05) is 23.3 Å². The zero-order valence-electron chi connectivity index (χ0n) is 17.7. The summed E-state index contributed by atoms with van der Waals surface area (Å²) in [5.74, 6) is -0.670. The number of carbonyl (C=O) groups is 2. The van der Waals surface area contributed by atoms with Crippen LogP contribution in [0.2, 0.25) is 0 Å². The Bertz CT molecular complexity index is 1300. The van der Waals surface area contributed by atoms with Crippen molar-refractivity contribution >= 4 is 38.4 Å². The number of ketones is 1. The van der Waals surface area contributed by atoms with Gasteiger partial charge < -0.3 is 4.74 Å². The number of benzene rings is 3. The summed E-state index contributed by atoms with van der Waals surface area (Å²) in [6.45, 7) is 1.04. The van der Waals surface area contributed by atoms with Crippen LogP contribution in [-0.4, -0.2) is 35.9 Å². The van der Waals surface area contributed by atoms with E-state index in [9.17, 15) is 14.0 Å². The van der Waals surface area contributed by atoms with Gasteiger partial charge in [0.25, 0.3) is 5.91 Å². The number of hydrogen-bond donors (Lipinski definition) is 0. The molecule has 1 unspecified atom stereocenters. The van der Waals surface area contributed by atoms with Crippen molar-refractivity contribution in [2.75, 3.05) is 18.1 Å². The van der Waals surface area contributed by atoms with Gasteiger partial charge >= 0.3 is 0 Å². The van der Waals surface area contributed by atoms with Crippen molar-refractivity contribution in [3.8, 4) is 0 Å². The number of fused-ring (bicyclic) bond motifs is 1. The van der Waals surface area contributed by atoms with Crippen LogP contribution in [-0.2, 0) is 4.74 Å². The predicted molar refractivity (Wildman–Crippen MR) is 127 cm³/mol. The number of halogens is 1. The molecule has 1 amide bonds.